The number of amides is 2. The number of hydrogen-bond donors (Lipinski definition) is 3. The van der Waals surface area contributed by atoms with Crippen LogP contribution in [0.1, 0.15) is 55.1 Å². The Bertz CT molecular complexity index is 1210. The van der Waals surface area contributed by atoms with Crippen molar-refractivity contribution >= 4 is 21.6 Å². The van der Waals surface area contributed by atoms with Crippen LogP contribution >= 0.6 is 0 Å². The van der Waals surface area contributed by atoms with E-state index in [4.69, 9.17) is 10.1 Å². The lowest BCUT2D eigenvalue weighted by molar-refractivity contribution is 0.168. The van der Waals surface area contributed by atoms with Crippen molar-refractivity contribution in [3.8, 4) is 0 Å². The van der Waals surface area contributed by atoms with Crippen LogP contribution in [0.15, 0.2) is 15.6 Å². The maximum Gasteiger partial charge on any atom is 0.354 e. The maximum atomic E-state index is 14.3. The molecule has 2 aromatic rings. The van der Waals surface area contributed by atoms with E-state index >= 15 is 0 Å². The Morgan fingerprint density at radius 1 is 1.39 bits per heavy atom. The molecule has 0 aliphatic heterocycles. The van der Waals surface area contributed by atoms with Crippen molar-refractivity contribution < 1.29 is 18.5 Å². The number of nitrogens with two attached hydrogens (primary N) is 1. The summed E-state index contributed by atoms with van der Waals surface area (Å²) in [7, 11) is -3.91. The number of carbonyl (C=O) groups is 1. The van der Waals surface area contributed by atoms with Crippen LogP contribution in [0.2, 0.25) is 0 Å². The molecule has 3 aliphatic carbocycles. The molecular formula is C20H25FN6O3S. The van der Waals surface area contributed by atoms with Crippen molar-refractivity contribution in [1.82, 2.24) is 14.8 Å². The molecule has 0 radical (unpaired) electrons. The zero-order valence-corrected chi connectivity index (χ0v) is 18.0. The first-order valence-corrected chi connectivity index (χ1v) is 12.1. The van der Waals surface area contributed by atoms with E-state index in [9.17, 15) is 18.5 Å². The molecule has 4 N–H and O–H groups in total. The van der Waals surface area contributed by atoms with Crippen molar-refractivity contribution in [3.63, 3.8) is 0 Å². The summed E-state index contributed by atoms with van der Waals surface area (Å²) in [4.78, 5) is 17.7. The van der Waals surface area contributed by atoms with Crippen molar-refractivity contribution in [2.24, 2.45) is 9.50 Å². The fraction of sp³-hybridized carbons (Fsp3) is 0.550. The number of nitrogens with zero attached hydrogens (tertiary/aromatic N) is 4. The van der Waals surface area contributed by atoms with E-state index in [1.165, 1.54) is 6.92 Å². The molecule has 2 heterocycles. The minimum atomic E-state index is -3.91. The molecule has 1 fully saturated rings. The quantitative estimate of drug-likeness (QED) is 0.659. The number of urea groups is 1. The number of fused-ring (bicyclic) bond motifs is 3. The molecule has 2 amide bonds. The molecule has 1 saturated carbocycles. The van der Waals surface area contributed by atoms with Crippen LogP contribution in [0.3, 0.4) is 0 Å². The Kier molecular flexibility index (Phi) is 4.68. The van der Waals surface area contributed by atoms with Crippen LogP contribution in [-0.2, 0) is 41.1 Å². The van der Waals surface area contributed by atoms with Crippen LogP contribution < -0.4 is 10.5 Å². The summed E-state index contributed by atoms with van der Waals surface area (Å²) in [6, 6.07) is -0.892. The molecule has 11 heteroatoms. The molecule has 9 nitrogen and oxygen atoms in total. The summed E-state index contributed by atoms with van der Waals surface area (Å²) in [6.45, 7) is 1.50. The number of aromatic nitrogens is 3. The highest BCUT2D eigenvalue weighted by Crippen LogP contribution is 2.58. The summed E-state index contributed by atoms with van der Waals surface area (Å²) in [5.74, 6) is -0.939. The molecule has 5 rings (SSSR count). The number of aliphatic hydroxyl groups excluding tert-OH is 1. The molecular weight excluding hydrogens is 423 g/mol. The van der Waals surface area contributed by atoms with Gasteiger partial charge in [-0.1, -0.05) is 0 Å². The fourth-order valence-electron chi connectivity index (χ4n) is 4.81. The van der Waals surface area contributed by atoms with E-state index in [1.807, 2.05) is 0 Å². The second-order valence-electron chi connectivity index (χ2n) is 8.82. The maximum absolute atomic E-state index is 14.3. The zero-order chi connectivity index (χ0) is 22.0. The number of rotatable bonds is 4. The third kappa shape index (κ3) is 3.54. The molecule has 1 spiro atoms. The Balaban J connectivity index is 1.47. The summed E-state index contributed by atoms with van der Waals surface area (Å²) < 4.78 is 31.8. The highest BCUT2D eigenvalue weighted by Gasteiger charge is 2.51. The number of carbonyl (C=O) groups excluding carboxylic acids is 1. The highest BCUT2D eigenvalue weighted by molar-refractivity contribution is 7.91. The SMILES string of the molecule is C[C@H](O)Cn1cc(F)c([S@@](N)(=O)=NC(=O)Nc2c3c(nc4c2CCC42CC2)CCC3)n1. The average Bonchev–Trinajstić information content (AvgIpc) is 2.97. The van der Waals surface area contributed by atoms with Gasteiger partial charge < -0.3 is 10.4 Å². The fourth-order valence-corrected chi connectivity index (χ4v) is 5.75. The molecule has 166 valence electrons. The molecule has 2 atom stereocenters. The molecule has 2 aromatic heterocycles. The third-order valence-corrected chi connectivity index (χ3v) is 7.67. The number of halogens is 1. The topological polar surface area (TPSA) is 135 Å². The zero-order valence-electron chi connectivity index (χ0n) is 17.2. The largest absolute Gasteiger partial charge is 0.391 e. The minimum Gasteiger partial charge on any atom is -0.391 e. The number of aliphatic hydroxyl groups is 1. The third-order valence-electron chi connectivity index (χ3n) is 6.40. The lowest BCUT2D eigenvalue weighted by Crippen LogP contribution is -2.21. The van der Waals surface area contributed by atoms with E-state index < -0.39 is 32.9 Å². The highest BCUT2D eigenvalue weighted by atomic mass is 32.2. The van der Waals surface area contributed by atoms with Crippen molar-refractivity contribution in [3.05, 3.63) is 34.5 Å². The molecule has 0 unspecified atom stereocenters. The van der Waals surface area contributed by atoms with E-state index in [0.29, 0.717) is 5.69 Å². The van der Waals surface area contributed by atoms with E-state index in [-0.39, 0.29) is 12.0 Å². The summed E-state index contributed by atoms with van der Waals surface area (Å²) >= 11 is 0. The molecule has 0 aromatic carbocycles. The first-order valence-electron chi connectivity index (χ1n) is 10.5. The standard InChI is InChI=1S/C20H25FN6O3S/c1-11(28)9-27-10-14(21)18(25-27)31(22,30)26-19(29)24-16-12-3-2-4-15(12)23-17-13(16)5-6-20(17)7-8-20/h10-11,28H,2-9H2,1H3,(H3,22,23,24,26,29,30)/t11-,31-/m0/s1. The van der Waals surface area contributed by atoms with Gasteiger partial charge in [0.15, 0.2) is 15.7 Å². The van der Waals surface area contributed by atoms with Crippen LogP contribution in [-0.4, -0.2) is 36.2 Å². The number of nitrogens with one attached hydrogen (secondary N) is 1. The normalized spacial score (nSPS) is 20.8. The van der Waals surface area contributed by atoms with Gasteiger partial charge in [0.1, 0.15) is 0 Å². The van der Waals surface area contributed by atoms with Gasteiger partial charge in [0.2, 0.25) is 5.03 Å². The number of pyridine rings is 1. The second-order valence-corrected chi connectivity index (χ2v) is 10.5. The Hall–Kier alpha value is -2.37. The van der Waals surface area contributed by atoms with Gasteiger partial charge in [-0.2, -0.15) is 5.10 Å². The minimum absolute atomic E-state index is 0.00429. The van der Waals surface area contributed by atoms with Gasteiger partial charge >= 0.3 is 6.03 Å². The number of anilines is 1. The lowest BCUT2D eigenvalue weighted by Gasteiger charge is -2.16. The van der Waals surface area contributed by atoms with Crippen LogP contribution in [0, 0.1) is 5.82 Å². The van der Waals surface area contributed by atoms with Crippen molar-refractivity contribution in [1.29, 1.82) is 0 Å². The number of hydrogen-bond acceptors (Lipinski definition) is 5. The van der Waals surface area contributed by atoms with Crippen molar-refractivity contribution in [2.75, 3.05) is 5.32 Å². The van der Waals surface area contributed by atoms with Gasteiger partial charge in [-0.15, -0.1) is 4.36 Å². The Labute approximate surface area is 179 Å². The van der Waals surface area contributed by atoms with Crippen LogP contribution in [0.4, 0.5) is 14.9 Å². The van der Waals surface area contributed by atoms with Crippen molar-refractivity contribution in [2.45, 2.75) is 75.0 Å². The average molecular weight is 449 g/mol. The van der Waals surface area contributed by atoms with Gasteiger partial charge in [0.25, 0.3) is 0 Å². The van der Waals surface area contributed by atoms with E-state index in [2.05, 4.69) is 14.8 Å². The van der Waals surface area contributed by atoms with Gasteiger partial charge in [-0.25, -0.2) is 18.5 Å². The monoisotopic (exact) mass is 448 g/mol. The van der Waals surface area contributed by atoms with Crippen LogP contribution in [0.25, 0.3) is 0 Å². The molecule has 0 saturated heterocycles. The number of aryl methyl sites for hydroxylation is 1. The molecule has 0 bridgehead atoms. The Morgan fingerprint density at radius 3 is 2.87 bits per heavy atom. The summed E-state index contributed by atoms with van der Waals surface area (Å²) in [5.41, 5.74) is 5.02. The van der Waals surface area contributed by atoms with E-state index in [1.54, 1.807) is 0 Å². The molecule has 3 aliphatic rings. The van der Waals surface area contributed by atoms with Gasteiger partial charge in [0.05, 0.1) is 30.2 Å². The van der Waals surface area contributed by atoms with Gasteiger partial charge in [-0.3, -0.25) is 9.67 Å². The Morgan fingerprint density at radius 2 is 2.16 bits per heavy atom. The van der Waals surface area contributed by atoms with Gasteiger partial charge in [0, 0.05) is 11.1 Å². The second kappa shape index (κ2) is 7.07. The predicted octanol–water partition coefficient (Wildman–Crippen LogP) is 2.20. The summed E-state index contributed by atoms with van der Waals surface area (Å²) in [5, 5.41) is 21.2. The molecule has 31 heavy (non-hydrogen) atoms. The van der Waals surface area contributed by atoms with E-state index in [0.717, 1.165) is 78.3 Å². The first-order chi connectivity index (χ1) is 14.7. The lowest BCUT2D eigenvalue weighted by atomic mass is 10.0. The summed E-state index contributed by atoms with van der Waals surface area (Å²) in [6.07, 6.45) is 6.94. The smallest absolute Gasteiger partial charge is 0.354 e. The van der Waals surface area contributed by atoms with Crippen LogP contribution in [0.5, 0.6) is 0 Å². The predicted molar refractivity (Wildman–Crippen MR) is 111 cm³/mol. The first kappa shape index (κ1) is 20.5. The van der Waals surface area contributed by atoms with Gasteiger partial charge in [-0.05, 0) is 63.0 Å².